The van der Waals surface area contributed by atoms with Gasteiger partial charge in [0.2, 0.25) is 0 Å². The minimum absolute atomic E-state index is 0.255. The van der Waals surface area contributed by atoms with E-state index in [4.69, 9.17) is 8.22 Å². The minimum atomic E-state index is -4.09. The summed E-state index contributed by atoms with van der Waals surface area (Å²) >= 11 is -4.09. The van der Waals surface area contributed by atoms with Gasteiger partial charge in [0, 0.05) is 0 Å². The van der Waals surface area contributed by atoms with Crippen LogP contribution < -0.4 is 2.69 Å². The Hall–Kier alpha value is -2.75. The molecule has 107 valence electrons. The van der Waals surface area contributed by atoms with Crippen LogP contribution in [0.4, 0.5) is 17.1 Å². The molecule has 1 radical (unpaired) electrons. The molecule has 0 spiro atoms. The van der Waals surface area contributed by atoms with Gasteiger partial charge in [0.25, 0.3) is 0 Å². The van der Waals surface area contributed by atoms with Crippen molar-refractivity contribution in [1.29, 1.82) is 0 Å². The average molecular weight is 493 g/mol. The molecule has 21 heavy (non-hydrogen) atoms. The molecular formula is C6H2N6O8Pb+. The molecule has 1 N–H and O–H groups in total. The van der Waals surface area contributed by atoms with Crippen molar-refractivity contribution in [3.63, 3.8) is 0 Å². The average Bonchev–Trinajstić information content (AvgIpc) is 2.37. The van der Waals surface area contributed by atoms with Crippen molar-refractivity contribution in [1.82, 2.24) is 0 Å². The van der Waals surface area contributed by atoms with Crippen molar-refractivity contribution in [3.8, 4) is 11.5 Å². The second kappa shape index (κ2) is 5.33. The van der Waals surface area contributed by atoms with Crippen LogP contribution in [0.2, 0.25) is 0 Å². The second-order valence-corrected chi connectivity index (χ2v) is 7.71. The van der Waals surface area contributed by atoms with Crippen LogP contribution in [0.5, 0.6) is 11.5 Å². The van der Waals surface area contributed by atoms with Gasteiger partial charge in [0.15, 0.2) is 0 Å². The van der Waals surface area contributed by atoms with E-state index in [-0.39, 0.29) is 4.92 Å². The monoisotopic (exact) mass is 494 g/mol. The molecule has 0 bridgehead atoms. The molecule has 14 nitrogen and oxygen atoms in total. The third kappa shape index (κ3) is 2.48. The molecule has 1 aromatic carbocycles. The van der Waals surface area contributed by atoms with Crippen LogP contribution in [0, 0.1) is 25.1 Å². The second-order valence-electron chi connectivity index (χ2n) is 3.36. The van der Waals surface area contributed by atoms with Gasteiger partial charge in [-0.3, -0.25) is 0 Å². The molecule has 1 aliphatic rings. The number of benzene rings is 1. The Balaban J connectivity index is 2.75. The molecule has 1 aliphatic heterocycles. The predicted molar refractivity (Wildman–Crippen MR) is 61.3 cm³/mol. The van der Waals surface area contributed by atoms with E-state index in [1.807, 2.05) is 0 Å². The Morgan fingerprint density at radius 3 is 2.62 bits per heavy atom. The molecule has 0 amide bonds. The normalized spacial score (nSPS) is 13.4. The summed E-state index contributed by atoms with van der Waals surface area (Å²) in [6, 6.07) is 0.559. The van der Waals surface area contributed by atoms with Crippen LogP contribution in [0.25, 0.3) is 10.4 Å². The SMILES string of the molecule is [N-]=[N+]=[N][Pb]1[O]c2c(cc([N+](=O)[O-])c(O)c2[N+](=O)[O-])[N+](=O)[O]1. The predicted octanol–water partition coefficient (Wildman–Crippen LogP) is 1.24. The Morgan fingerprint density at radius 2 is 2.10 bits per heavy atom. The first-order valence-electron chi connectivity index (χ1n) is 4.80. The first-order chi connectivity index (χ1) is 9.86. The summed E-state index contributed by atoms with van der Waals surface area (Å²) in [7, 11) is 0. The number of hydrogen-bond acceptors (Lipinski definition) is 9. The molecule has 15 heteroatoms. The number of phenols is 1. The Kier molecular flexibility index (Phi) is 3.72. The number of azide groups is 1. The third-order valence-corrected chi connectivity index (χ3v) is 5.95. The van der Waals surface area contributed by atoms with Crippen LogP contribution in [0.3, 0.4) is 0 Å². The summed E-state index contributed by atoms with van der Waals surface area (Å²) in [4.78, 5) is 33.1. The summed E-state index contributed by atoms with van der Waals surface area (Å²) in [5.74, 6) is -2.00. The fourth-order valence-electron chi connectivity index (χ4n) is 1.46. The molecule has 1 aromatic rings. The van der Waals surface area contributed by atoms with Crippen molar-refractivity contribution in [3.05, 3.63) is 41.6 Å². The van der Waals surface area contributed by atoms with Crippen molar-refractivity contribution < 1.29 is 25.4 Å². The molecule has 0 aliphatic carbocycles. The van der Waals surface area contributed by atoms with Gasteiger partial charge in [-0.05, 0) is 0 Å². The van der Waals surface area contributed by atoms with Gasteiger partial charge in [0.1, 0.15) is 0 Å². The van der Waals surface area contributed by atoms with Crippen molar-refractivity contribution >= 4 is 41.0 Å². The van der Waals surface area contributed by atoms with Crippen LogP contribution in [-0.4, -0.2) is 43.8 Å². The summed E-state index contributed by atoms with van der Waals surface area (Å²) in [5, 5.41) is 31.2. The van der Waals surface area contributed by atoms with E-state index in [9.17, 15) is 30.2 Å². The van der Waals surface area contributed by atoms with E-state index in [0.29, 0.717) is 6.07 Å². The summed E-state index contributed by atoms with van der Waals surface area (Å²) in [5.41, 5.74) is 5.36. The number of hydrogen-bond donors (Lipinski definition) is 1. The molecule has 2 rings (SSSR count). The van der Waals surface area contributed by atoms with Crippen LogP contribution in [0.1, 0.15) is 0 Å². The maximum atomic E-state index is 11.6. The number of aromatic hydroxyl groups is 1. The van der Waals surface area contributed by atoms with Gasteiger partial charge in [-0.2, -0.15) is 0 Å². The van der Waals surface area contributed by atoms with Crippen molar-refractivity contribution in [2.24, 2.45) is 2.92 Å². The molecule has 0 aromatic heterocycles. The molecule has 0 unspecified atom stereocenters. The van der Waals surface area contributed by atoms with E-state index < -0.39 is 62.3 Å². The van der Waals surface area contributed by atoms with Gasteiger partial charge in [-0.1, -0.05) is 0 Å². The first kappa shape index (κ1) is 14.7. The van der Waals surface area contributed by atoms with E-state index in [1.54, 1.807) is 0 Å². The van der Waals surface area contributed by atoms with Gasteiger partial charge in [-0.15, -0.1) is 0 Å². The van der Waals surface area contributed by atoms with Gasteiger partial charge >= 0.3 is 122 Å². The Bertz CT molecular complexity index is 728. The topological polar surface area (TPSA) is 194 Å². The Labute approximate surface area is 122 Å². The standard InChI is InChI=1S/C6H3N3O8.N3.Pb/c10-5-2(7(12)13)1-3(8(14)15)6(11)4(5)9(16)17;1-3-2;/h1,10-11H;;/q;-1;+3/p-1. The molecule has 0 atom stereocenters. The van der Waals surface area contributed by atoms with Crippen molar-refractivity contribution in [2.75, 3.05) is 0 Å². The number of nitro groups is 2. The summed E-state index contributed by atoms with van der Waals surface area (Å²) in [6.45, 7) is 0. The number of phenolic OH excluding ortho intramolecular Hbond substituents is 1. The van der Waals surface area contributed by atoms with E-state index in [2.05, 4.69) is 10.6 Å². The molecule has 0 saturated heterocycles. The quantitative estimate of drug-likeness (QED) is 0.162. The fraction of sp³-hybridized carbons (Fsp3) is 0. The number of nitrogens with zero attached hydrogens (tertiary/aromatic N) is 6. The van der Waals surface area contributed by atoms with Crippen molar-refractivity contribution in [2.45, 2.75) is 0 Å². The third-order valence-electron chi connectivity index (χ3n) is 2.24. The molecule has 0 saturated carbocycles. The maximum absolute atomic E-state index is 11.6. The van der Waals surface area contributed by atoms with E-state index in [1.165, 1.54) is 0 Å². The van der Waals surface area contributed by atoms with Gasteiger partial charge in [0.05, 0.1) is 0 Å². The zero-order valence-electron chi connectivity index (χ0n) is 9.57. The van der Waals surface area contributed by atoms with Gasteiger partial charge < -0.3 is 0 Å². The molecule has 0 fully saturated rings. The molecule has 1 heterocycles. The Morgan fingerprint density at radius 1 is 1.43 bits per heavy atom. The zero-order valence-corrected chi connectivity index (χ0v) is 13.5. The summed E-state index contributed by atoms with van der Waals surface area (Å²) < 4.78 is 12.6. The van der Waals surface area contributed by atoms with E-state index in [0.717, 1.165) is 0 Å². The fourth-order valence-corrected chi connectivity index (χ4v) is 4.58. The zero-order chi connectivity index (χ0) is 15.7. The number of rotatable bonds is 3. The molecular weight excluding hydrogens is 491 g/mol. The van der Waals surface area contributed by atoms with E-state index >= 15 is 0 Å². The first-order valence-corrected chi connectivity index (χ1v) is 9.72. The summed E-state index contributed by atoms with van der Waals surface area (Å²) in [6.07, 6.45) is 0. The van der Waals surface area contributed by atoms with Crippen LogP contribution in [0.15, 0.2) is 8.99 Å². The van der Waals surface area contributed by atoms with Crippen LogP contribution >= 0.6 is 0 Å². The number of nitro benzene ring substituents is 2. The van der Waals surface area contributed by atoms with Crippen LogP contribution in [-0.2, 0) is 2.79 Å². The van der Waals surface area contributed by atoms with Gasteiger partial charge in [-0.25, -0.2) is 0 Å². The number of fused-ring (bicyclic) bond motifs is 1.